The van der Waals surface area contributed by atoms with Crippen LogP contribution in [-0.2, 0) is 9.53 Å². The van der Waals surface area contributed by atoms with Crippen LogP contribution in [-0.4, -0.2) is 41.6 Å². The maximum Gasteiger partial charge on any atom is 0.306 e. The van der Waals surface area contributed by atoms with Gasteiger partial charge in [-0.3, -0.25) is 4.79 Å². The van der Waals surface area contributed by atoms with Crippen LogP contribution >= 0.6 is 23.5 Å². The first-order chi connectivity index (χ1) is 9.19. The number of carbonyl (C=O) groups excluding carboxylic acids is 1. The standard InChI is InChI=1S/C12H19N3O2S2/c1-4-6-13-9-8-10(15-12(14-9)18-3)19-7-5-11(16)17-2/h8H,4-7H2,1-3H3,(H,13,14,15). The molecule has 0 saturated carbocycles. The summed E-state index contributed by atoms with van der Waals surface area (Å²) in [4.78, 5) is 19.8. The highest BCUT2D eigenvalue weighted by atomic mass is 32.2. The van der Waals surface area contributed by atoms with Gasteiger partial charge in [-0.15, -0.1) is 11.8 Å². The minimum atomic E-state index is -0.198. The molecule has 19 heavy (non-hydrogen) atoms. The number of carbonyl (C=O) groups is 1. The molecule has 1 rings (SSSR count). The van der Waals surface area contributed by atoms with Crippen LogP contribution in [0, 0.1) is 0 Å². The summed E-state index contributed by atoms with van der Waals surface area (Å²) >= 11 is 3.04. The number of rotatable bonds is 8. The Morgan fingerprint density at radius 2 is 2.26 bits per heavy atom. The van der Waals surface area contributed by atoms with E-state index in [2.05, 4.69) is 26.9 Å². The summed E-state index contributed by atoms with van der Waals surface area (Å²) < 4.78 is 4.61. The Balaban J connectivity index is 2.62. The molecule has 0 spiro atoms. The SMILES string of the molecule is CCCNc1cc(SCCC(=O)OC)nc(SC)n1. The molecule has 0 fully saturated rings. The summed E-state index contributed by atoms with van der Waals surface area (Å²) in [7, 11) is 1.40. The number of aromatic nitrogens is 2. The molecule has 0 bridgehead atoms. The second-order valence-electron chi connectivity index (χ2n) is 3.68. The molecule has 0 aliphatic heterocycles. The van der Waals surface area contributed by atoms with Crippen molar-refractivity contribution in [2.45, 2.75) is 29.9 Å². The van der Waals surface area contributed by atoms with Crippen LogP contribution in [0.5, 0.6) is 0 Å². The quantitative estimate of drug-likeness (QED) is 0.343. The lowest BCUT2D eigenvalue weighted by Crippen LogP contribution is -2.04. The van der Waals surface area contributed by atoms with E-state index in [4.69, 9.17) is 0 Å². The number of hydrogen-bond donors (Lipinski definition) is 1. The smallest absolute Gasteiger partial charge is 0.306 e. The minimum absolute atomic E-state index is 0.198. The first-order valence-electron chi connectivity index (χ1n) is 6.06. The van der Waals surface area contributed by atoms with Crippen LogP contribution in [0.15, 0.2) is 16.2 Å². The third-order valence-electron chi connectivity index (χ3n) is 2.20. The summed E-state index contributed by atoms with van der Waals surface area (Å²) in [5, 5.41) is 4.86. The topological polar surface area (TPSA) is 64.1 Å². The molecule has 0 aliphatic rings. The van der Waals surface area contributed by atoms with Crippen molar-refractivity contribution in [2.75, 3.05) is 31.0 Å². The first-order valence-corrected chi connectivity index (χ1v) is 8.27. The Bertz CT molecular complexity index is 416. The van der Waals surface area contributed by atoms with E-state index in [1.165, 1.54) is 30.6 Å². The predicted molar refractivity (Wildman–Crippen MR) is 80.0 cm³/mol. The van der Waals surface area contributed by atoms with E-state index in [9.17, 15) is 4.79 Å². The van der Waals surface area contributed by atoms with Gasteiger partial charge in [-0.25, -0.2) is 9.97 Å². The second kappa shape index (κ2) is 9.03. The summed E-state index contributed by atoms with van der Waals surface area (Å²) in [6.45, 7) is 2.99. The molecular weight excluding hydrogens is 282 g/mol. The molecule has 1 heterocycles. The average molecular weight is 301 g/mol. The van der Waals surface area contributed by atoms with Gasteiger partial charge in [0.1, 0.15) is 10.8 Å². The molecule has 0 radical (unpaired) electrons. The molecule has 1 aromatic heterocycles. The van der Waals surface area contributed by atoms with Crippen molar-refractivity contribution in [3.05, 3.63) is 6.07 Å². The van der Waals surface area contributed by atoms with Crippen LogP contribution in [0.25, 0.3) is 0 Å². The van der Waals surface area contributed by atoms with Gasteiger partial charge in [-0.2, -0.15) is 0 Å². The monoisotopic (exact) mass is 301 g/mol. The van der Waals surface area contributed by atoms with Crippen molar-refractivity contribution in [1.82, 2.24) is 9.97 Å². The maximum atomic E-state index is 11.0. The second-order valence-corrected chi connectivity index (χ2v) is 5.57. The number of thioether (sulfide) groups is 2. The number of esters is 1. The molecule has 7 heteroatoms. The fourth-order valence-corrected chi connectivity index (χ4v) is 2.51. The lowest BCUT2D eigenvalue weighted by atomic mass is 10.4. The van der Waals surface area contributed by atoms with Gasteiger partial charge in [0.15, 0.2) is 5.16 Å². The van der Waals surface area contributed by atoms with Crippen LogP contribution in [0.3, 0.4) is 0 Å². The lowest BCUT2D eigenvalue weighted by molar-refractivity contribution is -0.140. The van der Waals surface area contributed by atoms with Gasteiger partial charge >= 0.3 is 5.97 Å². The van der Waals surface area contributed by atoms with E-state index in [-0.39, 0.29) is 5.97 Å². The Labute approximate surface area is 122 Å². The van der Waals surface area contributed by atoms with Gasteiger partial charge in [0, 0.05) is 18.4 Å². The first kappa shape index (κ1) is 16.1. The van der Waals surface area contributed by atoms with Crippen molar-refractivity contribution in [3.63, 3.8) is 0 Å². The van der Waals surface area contributed by atoms with Crippen LogP contribution in [0.4, 0.5) is 5.82 Å². The van der Waals surface area contributed by atoms with Crippen LogP contribution < -0.4 is 5.32 Å². The van der Waals surface area contributed by atoms with E-state index in [1.807, 2.05) is 12.3 Å². The zero-order chi connectivity index (χ0) is 14.1. The highest BCUT2D eigenvalue weighted by molar-refractivity contribution is 7.99. The minimum Gasteiger partial charge on any atom is -0.469 e. The van der Waals surface area contributed by atoms with Gasteiger partial charge in [-0.05, 0) is 12.7 Å². The summed E-state index contributed by atoms with van der Waals surface area (Å²) in [5.74, 6) is 1.29. The van der Waals surface area contributed by atoms with Crippen molar-refractivity contribution < 1.29 is 9.53 Å². The van der Waals surface area contributed by atoms with E-state index >= 15 is 0 Å². The Hall–Kier alpha value is -0.950. The third-order valence-corrected chi connectivity index (χ3v) is 3.67. The zero-order valence-electron chi connectivity index (χ0n) is 11.4. The molecule has 5 nitrogen and oxygen atoms in total. The number of methoxy groups -OCH3 is 1. The predicted octanol–water partition coefficient (Wildman–Crippen LogP) is 2.68. The summed E-state index contributed by atoms with van der Waals surface area (Å²) in [5.41, 5.74) is 0. The molecule has 0 atom stereocenters. The van der Waals surface area contributed by atoms with Crippen molar-refractivity contribution in [1.29, 1.82) is 0 Å². The lowest BCUT2D eigenvalue weighted by Gasteiger charge is -2.07. The van der Waals surface area contributed by atoms with Crippen LogP contribution in [0.1, 0.15) is 19.8 Å². The molecule has 106 valence electrons. The molecule has 0 aromatic carbocycles. The fraction of sp³-hybridized carbons (Fsp3) is 0.583. The number of anilines is 1. The molecule has 1 aromatic rings. The Kier molecular flexibility index (Phi) is 7.66. The fourth-order valence-electron chi connectivity index (χ4n) is 1.25. The maximum absolute atomic E-state index is 11.0. The molecular formula is C12H19N3O2S2. The van der Waals surface area contributed by atoms with E-state index in [0.717, 1.165) is 29.0 Å². The van der Waals surface area contributed by atoms with Crippen LogP contribution in [0.2, 0.25) is 0 Å². The highest BCUT2D eigenvalue weighted by Crippen LogP contribution is 2.22. The number of nitrogens with one attached hydrogen (secondary N) is 1. The molecule has 0 saturated heterocycles. The Morgan fingerprint density at radius 1 is 1.47 bits per heavy atom. The van der Waals surface area contributed by atoms with E-state index < -0.39 is 0 Å². The number of ether oxygens (including phenoxy) is 1. The van der Waals surface area contributed by atoms with Gasteiger partial charge < -0.3 is 10.1 Å². The summed E-state index contributed by atoms with van der Waals surface area (Å²) in [6.07, 6.45) is 3.38. The van der Waals surface area contributed by atoms with E-state index in [1.54, 1.807) is 0 Å². The third kappa shape index (κ3) is 6.15. The van der Waals surface area contributed by atoms with Gasteiger partial charge in [-0.1, -0.05) is 18.7 Å². The average Bonchev–Trinajstić information content (AvgIpc) is 2.44. The number of nitrogens with zero attached hydrogens (tertiary/aromatic N) is 2. The normalized spacial score (nSPS) is 10.3. The van der Waals surface area contributed by atoms with Gasteiger partial charge in [0.25, 0.3) is 0 Å². The summed E-state index contributed by atoms with van der Waals surface area (Å²) in [6, 6.07) is 1.91. The molecule has 1 N–H and O–H groups in total. The molecule has 0 amide bonds. The van der Waals surface area contributed by atoms with Crippen molar-refractivity contribution in [3.8, 4) is 0 Å². The molecule has 0 unspecified atom stereocenters. The highest BCUT2D eigenvalue weighted by Gasteiger charge is 2.06. The van der Waals surface area contributed by atoms with Crippen molar-refractivity contribution >= 4 is 35.3 Å². The van der Waals surface area contributed by atoms with Gasteiger partial charge in [0.05, 0.1) is 13.5 Å². The largest absolute Gasteiger partial charge is 0.469 e. The van der Waals surface area contributed by atoms with E-state index in [0.29, 0.717) is 12.2 Å². The van der Waals surface area contributed by atoms with Crippen molar-refractivity contribution in [2.24, 2.45) is 0 Å². The number of hydrogen-bond acceptors (Lipinski definition) is 7. The molecule has 0 aliphatic carbocycles. The van der Waals surface area contributed by atoms with Gasteiger partial charge in [0.2, 0.25) is 0 Å². The Morgan fingerprint density at radius 3 is 2.89 bits per heavy atom. The zero-order valence-corrected chi connectivity index (χ0v) is 13.1.